The van der Waals surface area contributed by atoms with Crippen LogP contribution in [0.5, 0.6) is 5.75 Å². The van der Waals surface area contributed by atoms with Crippen LogP contribution in [0.3, 0.4) is 0 Å². The molecule has 38 heavy (non-hydrogen) atoms. The molecule has 0 aliphatic rings. The third kappa shape index (κ3) is 6.94. The minimum absolute atomic E-state index is 0.0428. The van der Waals surface area contributed by atoms with Crippen molar-refractivity contribution >= 4 is 33.2 Å². The molecule has 0 saturated heterocycles. The average Bonchev–Trinajstić information content (AvgIpc) is 2.93. The predicted octanol–water partition coefficient (Wildman–Crippen LogP) is 6.16. The second-order valence-corrected chi connectivity index (χ2v) is 10.9. The van der Waals surface area contributed by atoms with Crippen molar-refractivity contribution in [1.82, 2.24) is 4.90 Å². The van der Waals surface area contributed by atoms with E-state index in [1.807, 2.05) is 67.6 Å². The summed E-state index contributed by atoms with van der Waals surface area (Å²) in [4.78, 5) is 15.5. The highest BCUT2D eigenvalue weighted by atomic mass is 35.5. The van der Waals surface area contributed by atoms with Gasteiger partial charge >= 0.3 is 0 Å². The molecule has 0 N–H and O–H groups in total. The minimum atomic E-state index is -4.08. The molecule has 0 aliphatic carbocycles. The number of sulfonamides is 1. The molecule has 0 saturated carbocycles. The van der Waals surface area contributed by atoms with Gasteiger partial charge in [-0.25, -0.2) is 8.42 Å². The number of hydrogen-bond donors (Lipinski definition) is 0. The lowest BCUT2D eigenvalue weighted by molar-refractivity contribution is -0.130. The summed E-state index contributed by atoms with van der Waals surface area (Å²) >= 11 is 6.00. The normalized spacial score (nSPS) is 11.1. The fourth-order valence-corrected chi connectivity index (χ4v) is 5.53. The van der Waals surface area contributed by atoms with Crippen molar-refractivity contribution in [2.45, 2.75) is 24.9 Å². The van der Waals surface area contributed by atoms with Gasteiger partial charge in [0.25, 0.3) is 10.0 Å². The van der Waals surface area contributed by atoms with Crippen molar-refractivity contribution in [3.05, 3.63) is 125 Å². The van der Waals surface area contributed by atoms with Crippen LogP contribution in [0, 0.1) is 0 Å². The number of carbonyl (C=O) groups excluding carboxylic acids is 1. The van der Waals surface area contributed by atoms with E-state index in [9.17, 15) is 13.2 Å². The van der Waals surface area contributed by atoms with Gasteiger partial charge < -0.3 is 9.64 Å². The van der Waals surface area contributed by atoms with E-state index in [2.05, 4.69) is 0 Å². The Kier molecular flexibility index (Phi) is 9.05. The number of amides is 1. The molecule has 0 spiro atoms. The summed E-state index contributed by atoms with van der Waals surface area (Å²) in [5, 5.41) is 0.421. The Hall–Kier alpha value is -3.81. The lowest BCUT2D eigenvalue weighted by Crippen LogP contribution is -2.42. The Balaban J connectivity index is 1.69. The van der Waals surface area contributed by atoms with Gasteiger partial charge in [0.15, 0.2) is 0 Å². The number of carbonyl (C=O) groups is 1. The zero-order valence-corrected chi connectivity index (χ0v) is 22.6. The summed E-state index contributed by atoms with van der Waals surface area (Å²) in [6.07, 6.45) is 0. The quantitative estimate of drug-likeness (QED) is 0.225. The van der Waals surface area contributed by atoms with Gasteiger partial charge in [-0.15, -0.1) is 0 Å². The van der Waals surface area contributed by atoms with E-state index >= 15 is 0 Å². The molecule has 0 unspecified atom stereocenters. The van der Waals surface area contributed by atoms with Gasteiger partial charge in [0.05, 0.1) is 17.2 Å². The van der Waals surface area contributed by atoms with Crippen LogP contribution in [0.2, 0.25) is 5.02 Å². The van der Waals surface area contributed by atoms with Crippen LogP contribution in [0.4, 0.5) is 5.69 Å². The fraction of sp³-hybridized carbons (Fsp3) is 0.167. The largest absolute Gasteiger partial charge is 0.494 e. The lowest BCUT2D eigenvalue weighted by Gasteiger charge is -2.29. The highest BCUT2D eigenvalue weighted by Gasteiger charge is 2.29. The number of nitrogens with zero attached hydrogens (tertiary/aromatic N) is 2. The van der Waals surface area contributed by atoms with E-state index in [-0.39, 0.29) is 17.3 Å². The van der Waals surface area contributed by atoms with Gasteiger partial charge in [-0.3, -0.25) is 9.10 Å². The monoisotopic (exact) mass is 548 g/mol. The molecule has 0 aromatic heterocycles. The SMILES string of the molecule is CCOc1ccc(N(CC(=O)N(Cc2ccccc2)Cc2ccccc2)S(=O)(=O)c2ccc(Cl)cc2)cc1. The fourth-order valence-electron chi connectivity index (χ4n) is 3.99. The van der Waals surface area contributed by atoms with Gasteiger partial charge in [-0.1, -0.05) is 72.3 Å². The average molecular weight is 549 g/mol. The first-order valence-electron chi connectivity index (χ1n) is 12.2. The Labute approximate surface area is 229 Å². The van der Waals surface area contributed by atoms with Crippen LogP contribution in [0.25, 0.3) is 0 Å². The smallest absolute Gasteiger partial charge is 0.264 e. The highest BCUT2D eigenvalue weighted by molar-refractivity contribution is 7.92. The van der Waals surface area contributed by atoms with Crippen LogP contribution in [-0.2, 0) is 27.9 Å². The third-order valence-electron chi connectivity index (χ3n) is 5.90. The van der Waals surface area contributed by atoms with E-state index < -0.39 is 10.0 Å². The van der Waals surface area contributed by atoms with Crippen molar-refractivity contribution < 1.29 is 17.9 Å². The van der Waals surface area contributed by atoms with E-state index in [0.29, 0.717) is 36.2 Å². The second-order valence-electron chi connectivity index (χ2n) is 8.61. The molecule has 8 heteroatoms. The number of hydrogen-bond acceptors (Lipinski definition) is 4. The first-order valence-corrected chi connectivity index (χ1v) is 14.1. The molecule has 196 valence electrons. The first kappa shape index (κ1) is 27.2. The van der Waals surface area contributed by atoms with Gasteiger partial charge in [-0.2, -0.15) is 0 Å². The van der Waals surface area contributed by atoms with E-state index in [0.717, 1.165) is 15.4 Å². The van der Waals surface area contributed by atoms with Gasteiger partial charge in [-0.05, 0) is 66.6 Å². The van der Waals surface area contributed by atoms with Crippen LogP contribution in [0.1, 0.15) is 18.1 Å². The van der Waals surface area contributed by atoms with Crippen molar-refractivity contribution in [2.75, 3.05) is 17.5 Å². The molecule has 0 radical (unpaired) electrons. The molecule has 0 atom stereocenters. The number of rotatable bonds is 11. The van der Waals surface area contributed by atoms with Gasteiger partial charge in [0.1, 0.15) is 12.3 Å². The Morgan fingerprint density at radius 1 is 0.763 bits per heavy atom. The van der Waals surface area contributed by atoms with Gasteiger partial charge in [0, 0.05) is 18.1 Å². The summed E-state index contributed by atoms with van der Waals surface area (Å²) in [7, 11) is -4.08. The van der Waals surface area contributed by atoms with Crippen LogP contribution >= 0.6 is 11.6 Å². The topological polar surface area (TPSA) is 66.9 Å². The molecule has 4 rings (SSSR count). The molecule has 1 amide bonds. The Morgan fingerprint density at radius 3 is 1.79 bits per heavy atom. The van der Waals surface area contributed by atoms with Crippen molar-refractivity contribution in [1.29, 1.82) is 0 Å². The summed E-state index contributed by atoms with van der Waals surface area (Å²) < 4.78 is 34.3. The number of ether oxygens (including phenoxy) is 1. The second kappa shape index (κ2) is 12.6. The zero-order chi connectivity index (χ0) is 27.0. The third-order valence-corrected chi connectivity index (χ3v) is 7.94. The van der Waals surface area contributed by atoms with Crippen molar-refractivity contribution in [2.24, 2.45) is 0 Å². The zero-order valence-electron chi connectivity index (χ0n) is 21.0. The predicted molar refractivity (Wildman–Crippen MR) is 151 cm³/mol. The van der Waals surface area contributed by atoms with E-state index in [1.165, 1.54) is 24.3 Å². The van der Waals surface area contributed by atoms with Crippen molar-refractivity contribution in [3.63, 3.8) is 0 Å². The van der Waals surface area contributed by atoms with Crippen LogP contribution in [0.15, 0.2) is 114 Å². The number of anilines is 1. The minimum Gasteiger partial charge on any atom is -0.494 e. The molecular formula is C30H29ClN2O4S. The maximum absolute atomic E-state index is 13.8. The van der Waals surface area contributed by atoms with Crippen LogP contribution in [-0.4, -0.2) is 32.4 Å². The Morgan fingerprint density at radius 2 is 1.29 bits per heavy atom. The molecule has 0 bridgehead atoms. The first-order chi connectivity index (χ1) is 18.4. The number of benzene rings is 4. The molecular weight excluding hydrogens is 520 g/mol. The van der Waals surface area contributed by atoms with Gasteiger partial charge in [0.2, 0.25) is 5.91 Å². The summed E-state index contributed by atoms with van der Waals surface area (Å²) in [6, 6.07) is 31.9. The van der Waals surface area contributed by atoms with Crippen LogP contribution < -0.4 is 9.04 Å². The maximum atomic E-state index is 13.8. The summed E-state index contributed by atoms with van der Waals surface area (Å²) in [6.45, 7) is 2.66. The molecule has 4 aromatic rings. The standard InChI is InChI=1S/C30H29ClN2O4S/c1-2-37-28-17-15-27(16-18-28)33(38(35,36)29-19-13-26(31)14-20-29)23-30(34)32(21-24-9-5-3-6-10-24)22-25-11-7-4-8-12-25/h3-20H,2,21-23H2,1H3. The lowest BCUT2D eigenvalue weighted by atomic mass is 10.1. The van der Waals surface area contributed by atoms with E-state index in [1.54, 1.807) is 29.2 Å². The molecule has 4 aromatic carbocycles. The van der Waals surface area contributed by atoms with Crippen molar-refractivity contribution in [3.8, 4) is 5.75 Å². The Bertz CT molecular complexity index is 1390. The summed E-state index contributed by atoms with van der Waals surface area (Å²) in [5.74, 6) is 0.283. The number of halogens is 1. The maximum Gasteiger partial charge on any atom is 0.264 e. The summed E-state index contributed by atoms with van der Waals surface area (Å²) in [5.41, 5.74) is 2.26. The molecule has 0 fully saturated rings. The van der Waals surface area contributed by atoms with E-state index in [4.69, 9.17) is 16.3 Å². The molecule has 6 nitrogen and oxygen atoms in total. The highest BCUT2D eigenvalue weighted by Crippen LogP contribution is 2.27. The molecule has 0 heterocycles. The molecule has 0 aliphatic heterocycles.